The molecule has 19 heavy (non-hydrogen) atoms. The first-order valence-corrected chi connectivity index (χ1v) is 7.56. The van der Waals surface area contributed by atoms with Crippen LogP contribution >= 0.6 is 12.4 Å². The van der Waals surface area contributed by atoms with E-state index >= 15 is 0 Å². The van der Waals surface area contributed by atoms with Gasteiger partial charge in [-0.15, -0.1) is 12.4 Å². The van der Waals surface area contributed by atoms with Crippen LogP contribution in [0.2, 0.25) is 0 Å². The van der Waals surface area contributed by atoms with Gasteiger partial charge >= 0.3 is 0 Å². The summed E-state index contributed by atoms with van der Waals surface area (Å²) in [4.78, 5) is 12.3. The summed E-state index contributed by atoms with van der Waals surface area (Å²) in [7, 11) is 0. The molecule has 1 amide bonds. The molecule has 4 heteroatoms. The molecule has 114 valence electrons. The highest BCUT2D eigenvalue weighted by molar-refractivity contribution is 5.85. The summed E-state index contributed by atoms with van der Waals surface area (Å²) in [5.74, 6) is 1.70. The van der Waals surface area contributed by atoms with E-state index in [2.05, 4.69) is 26.1 Å². The van der Waals surface area contributed by atoms with Crippen LogP contribution in [0.25, 0.3) is 0 Å². The second-order valence-corrected chi connectivity index (χ2v) is 6.03. The Morgan fingerprint density at radius 2 is 1.74 bits per heavy atom. The number of rotatable bonds is 6. The molecule has 1 rings (SSSR count). The lowest BCUT2D eigenvalue weighted by atomic mass is 9.80. The SMILES string of the molecule is CCC(CC)(CN)C(=O)NCC1CCC(C)CC1.Cl. The summed E-state index contributed by atoms with van der Waals surface area (Å²) in [6, 6.07) is 0. The van der Waals surface area contributed by atoms with Crippen molar-refractivity contribution in [3.05, 3.63) is 0 Å². The van der Waals surface area contributed by atoms with E-state index in [-0.39, 0.29) is 23.7 Å². The van der Waals surface area contributed by atoms with Crippen molar-refractivity contribution in [2.75, 3.05) is 13.1 Å². The van der Waals surface area contributed by atoms with Crippen LogP contribution in [0.15, 0.2) is 0 Å². The Hall–Kier alpha value is -0.280. The molecule has 1 aliphatic carbocycles. The summed E-state index contributed by atoms with van der Waals surface area (Å²) in [6.45, 7) is 7.72. The number of hydrogen-bond acceptors (Lipinski definition) is 2. The van der Waals surface area contributed by atoms with Crippen LogP contribution in [0.1, 0.15) is 59.3 Å². The minimum absolute atomic E-state index is 0. The maximum atomic E-state index is 12.3. The second-order valence-electron chi connectivity index (χ2n) is 6.03. The Labute approximate surface area is 124 Å². The van der Waals surface area contributed by atoms with Crippen LogP contribution in [-0.2, 0) is 4.79 Å². The van der Waals surface area contributed by atoms with Crippen LogP contribution in [-0.4, -0.2) is 19.0 Å². The van der Waals surface area contributed by atoms with E-state index in [1.165, 1.54) is 25.7 Å². The number of hydrogen-bond donors (Lipinski definition) is 2. The normalized spacial score (nSPS) is 23.6. The highest BCUT2D eigenvalue weighted by Crippen LogP contribution is 2.29. The Kier molecular flexibility index (Phi) is 8.67. The molecule has 0 aliphatic heterocycles. The van der Waals surface area contributed by atoms with Gasteiger partial charge in [0.05, 0.1) is 5.41 Å². The number of halogens is 1. The fourth-order valence-electron chi connectivity index (χ4n) is 2.91. The monoisotopic (exact) mass is 290 g/mol. The van der Waals surface area contributed by atoms with E-state index in [4.69, 9.17) is 5.73 Å². The van der Waals surface area contributed by atoms with E-state index < -0.39 is 0 Å². The van der Waals surface area contributed by atoms with Gasteiger partial charge in [0.25, 0.3) is 0 Å². The van der Waals surface area contributed by atoms with Crippen molar-refractivity contribution in [2.24, 2.45) is 23.0 Å². The van der Waals surface area contributed by atoms with E-state index in [0.29, 0.717) is 12.5 Å². The van der Waals surface area contributed by atoms with Gasteiger partial charge < -0.3 is 11.1 Å². The fraction of sp³-hybridized carbons (Fsp3) is 0.933. The van der Waals surface area contributed by atoms with Crippen molar-refractivity contribution in [2.45, 2.75) is 59.3 Å². The largest absolute Gasteiger partial charge is 0.355 e. The van der Waals surface area contributed by atoms with Gasteiger partial charge in [0.15, 0.2) is 0 Å². The lowest BCUT2D eigenvalue weighted by molar-refractivity contribution is -0.131. The van der Waals surface area contributed by atoms with Crippen molar-refractivity contribution in [1.29, 1.82) is 0 Å². The highest BCUT2D eigenvalue weighted by Gasteiger charge is 2.33. The van der Waals surface area contributed by atoms with Crippen LogP contribution in [0.4, 0.5) is 0 Å². The molecule has 0 spiro atoms. The van der Waals surface area contributed by atoms with Gasteiger partial charge in [-0.2, -0.15) is 0 Å². The smallest absolute Gasteiger partial charge is 0.227 e. The molecule has 0 heterocycles. The third kappa shape index (κ3) is 4.96. The summed E-state index contributed by atoms with van der Waals surface area (Å²) in [5, 5.41) is 3.14. The van der Waals surface area contributed by atoms with Crippen molar-refractivity contribution >= 4 is 18.3 Å². The van der Waals surface area contributed by atoms with Crippen molar-refractivity contribution < 1.29 is 4.79 Å². The molecule has 0 saturated heterocycles. The number of amides is 1. The van der Waals surface area contributed by atoms with E-state index in [1.54, 1.807) is 0 Å². The van der Waals surface area contributed by atoms with Gasteiger partial charge in [-0.1, -0.05) is 33.6 Å². The Balaban J connectivity index is 0.00000324. The predicted octanol–water partition coefficient (Wildman–Crippen LogP) is 3.12. The minimum atomic E-state index is -0.345. The van der Waals surface area contributed by atoms with Crippen LogP contribution in [0.3, 0.4) is 0 Å². The summed E-state index contributed by atoms with van der Waals surface area (Å²) in [6.07, 6.45) is 6.79. The standard InChI is InChI=1S/C15H30N2O.ClH/c1-4-15(5-2,11-16)14(18)17-10-13-8-6-12(3)7-9-13;/h12-13H,4-11,16H2,1-3H3,(H,17,18);1H. The molecule has 0 unspecified atom stereocenters. The lowest BCUT2D eigenvalue weighted by Crippen LogP contribution is -2.46. The zero-order valence-corrected chi connectivity index (χ0v) is 13.5. The molecule has 0 aromatic heterocycles. The molecule has 0 radical (unpaired) electrons. The minimum Gasteiger partial charge on any atom is -0.355 e. The Bertz CT molecular complexity index is 251. The average molecular weight is 291 g/mol. The van der Waals surface area contributed by atoms with Crippen molar-refractivity contribution in [3.8, 4) is 0 Å². The predicted molar refractivity (Wildman–Crippen MR) is 83.4 cm³/mol. The second kappa shape index (κ2) is 8.80. The van der Waals surface area contributed by atoms with Gasteiger partial charge in [-0.3, -0.25) is 4.79 Å². The molecule has 1 saturated carbocycles. The van der Waals surface area contributed by atoms with E-state index in [9.17, 15) is 4.79 Å². The number of nitrogens with one attached hydrogen (secondary N) is 1. The molecular formula is C15H31ClN2O. The number of carbonyl (C=O) groups excluding carboxylic acids is 1. The number of carbonyl (C=O) groups is 1. The average Bonchev–Trinajstić information content (AvgIpc) is 2.41. The molecule has 0 aromatic rings. The lowest BCUT2D eigenvalue weighted by Gasteiger charge is -2.31. The van der Waals surface area contributed by atoms with Crippen molar-refractivity contribution in [1.82, 2.24) is 5.32 Å². The summed E-state index contributed by atoms with van der Waals surface area (Å²) in [5.41, 5.74) is 5.45. The molecule has 3 nitrogen and oxygen atoms in total. The first-order valence-electron chi connectivity index (χ1n) is 7.56. The molecule has 0 atom stereocenters. The Morgan fingerprint density at radius 1 is 1.21 bits per heavy atom. The third-order valence-corrected chi connectivity index (χ3v) is 4.91. The fourth-order valence-corrected chi connectivity index (χ4v) is 2.91. The van der Waals surface area contributed by atoms with Gasteiger partial charge in [0, 0.05) is 13.1 Å². The quantitative estimate of drug-likeness (QED) is 0.790. The molecule has 0 bridgehead atoms. The van der Waals surface area contributed by atoms with Gasteiger partial charge in [-0.05, 0) is 37.5 Å². The van der Waals surface area contributed by atoms with Crippen LogP contribution < -0.4 is 11.1 Å². The van der Waals surface area contributed by atoms with Gasteiger partial charge in [0.1, 0.15) is 0 Å². The molecule has 0 aromatic carbocycles. The topological polar surface area (TPSA) is 55.1 Å². The summed E-state index contributed by atoms with van der Waals surface area (Å²) >= 11 is 0. The zero-order chi connectivity index (χ0) is 13.6. The summed E-state index contributed by atoms with van der Waals surface area (Å²) < 4.78 is 0. The van der Waals surface area contributed by atoms with Crippen molar-refractivity contribution in [3.63, 3.8) is 0 Å². The maximum absolute atomic E-state index is 12.3. The third-order valence-electron chi connectivity index (χ3n) is 4.91. The molecule has 1 fully saturated rings. The molecule has 1 aliphatic rings. The maximum Gasteiger partial charge on any atom is 0.227 e. The van der Waals surface area contributed by atoms with E-state index in [1.807, 2.05) is 0 Å². The first kappa shape index (κ1) is 18.7. The Morgan fingerprint density at radius 3 is 2.16 bits per heavy atom. The first-order chi connectivity index (χ1) is 8.57. The van der Waals surface area contributed by atoms with Crippen LogP contribution in [0.5, 0.6) is 0 Å². The highest BCUT2D eigenvalue weighted by atomic mass is 35.5. The van der Waals surface area contributed by atoms with Gasteiger partial charge in [-0.25, -0.2) is 0 Å². The zero-order valence-electron chi connectivity index (χ0n) is 12.7. The van der Waals surface area contributed by atoms with E-state index in [0.717, 1.165) is 25.3 Å². The van der Waals surface area contributed by atoms with Crippen LogP contribution in [0, 0.1) is 17.3 Å². The van der Waals surface area contributed by atoms with Gasteiger partial charge in [0.2, 0.25) is 5.91 Å². The molecule has 3 N–H and O–H groups in total. The molecular weight excluding hydrogens is 260 g/mol. The number of nitrogens with two attached hydrogens (primary N) is 1.